The number of nitrogens with one attached hydrogen (secondary N) is 1. The molecule has 4 heteroatoms. The molecule has 0 bridgehead atoms. The Morgan fingerprint density at radius 3 is 2.77 bits per heavy atom. The van der Waals surface area contributed by atoms with Crippen molar-refractivity contribution in [3.05, 3.63) is 10.8 Å². The number of ether oxygens (including phenoxy) is 1. The van der Waals surface area contributed by atoms with Crippen LogP contribution in [0.1, 0.15) is 32.1 Å². The predicted molar refractivity (Wildman–Crippen MR) is 53.8 cm³/mol. The first-order valence-corrected chi connectivity index (χ1v) is 5.51. The van der Waals surface area contributed by atoms with E-state index < -0.39 is 0 Å². The number of hydrogen-bond acceptors (Lipinski definition) is 2. The van der Waals surface area contributed by atoms with Gasteiger partial charge < -0.3 is 4.74 Å². The third kappa shape index (κ3) is 2.24. The maximum absolute atomic E-state index is 5.79. The molecule has 1 heterocycles. The lowest BCUT2D eigenvalue weighted by Gasteiger charge is -2.22. The van der Waals surface area contributed by atoms with Crippen molar-refractivity contribution in [3.8, 4) is 5.75 Å². The van der Waals surface area contributed by atoms with Gasteiger partial charge >= 0.3 is 0 Å². The molecule has 0 radical (unpaired) electrons. The second kappa shape index (κ2) is 4.13. The van der Waals surface area contributed by atoms with E-state index in [0.717, 1.165) is 10.4 Å². The summed E-state index contributed by atoms with van der Waals surface area (Å²) in [6.45, 7) is 0. The molecule has 0 aliphatic heterocycles. The van der Waals surface area contributed by atoms with Crippen LogP contribution in [0.2, 0.25) is 0 Å². The first-order valence-electron chi connectivity index (χ1n) is 4.72. The van der Waals surface area contributed by atoms with Gasteiger partial charge in [0.1, 0.15) is 4.60 Å². The van der Waals surface area contributed by atoms with Gasteiger partial charge in [-0.3, -0.25) is 5.10 Å². The van der Waals surface area contributed by atoms with Crippen molar-refractivity contribution in [1.82, 2.24) is 10.2 Å². The van der Waals surface area contributed by atoms with Crippen molar-refractivity contribution in [2.24, 2.45) is 0 Å². The van der Waals surface area contributed by atoms with E-state index in [9.17, 15) is 0 Å². The highest BCUT2D eigenvalue weighted by atomic mass is 79.9. The fourth-order valence-electron chi connectivity index (χ4n) is 1.70. The standard InChI is InChI=1S/C9H13BrN2O/c10-9-8(6-11-12-9)13-7-4-2-1-3-5-7/h6-7H,1-5H2,(H,11,12). The lowest BCUT2D eigenvalue weighted by molar-refractivity contribution is 0.154. The first-order chi connectivity index (χ1) is 6.36. The van der Waals surface area contributed by atoms with E-state index in [4.69, 9.17) is 4.74 Å². The topological polar surface area (TPSA) is 37.9 Å². The molecule has 1 aliphatic carbocycles. The van der Waals surface area contributed by atoms with Gasteiger partial charge in [-0.1, -0.05) is 6.42 Å². The van der Waals surface area contributed by atoms with Crippen LogP contribution < -0.4 is 4.74 Å². The van der Waals surface area contributed by atoms with Crippen molar-refractivity contribution in [2.45, 2.75) is 38.2 Å². The molecule has 0 amide bonds. The fourth-order valence-corrected chi connectivity index (χ4v) is 2.00. The highest BCUT2D eigenvalue weighted by molar-refractivity contribution is 9.10. The van der Waals surface area contributed by atoms with Crippen LogP contribution in [0.3, 0.4) is 0 Å². The van der Waals surface area contributed by atoms with E-state index in [2.05, 4.69) is 26.1 Å². The summed E-state index contributed by atoms with van der Waals surface area (Å²) in [4.78, 5) is 0. The van der Waals surface area contributed by atoms with Gasteiger partial charge in [-0.25, -0.2) is 0 Å². The summed E-state index contributed by atoms with van der Waals surface area (Å²) in [7, 11) is 0. The number of H-pyrrole nitrogens is 1. The van der Waals surface area contributed by atoms with Crippen molar-refractivity contribution >= 4 is 15.9 Å². The third-order valence-electron chi connectivity index (χ3n) is 2.41. The Labute approximate surface area is 86.0 Å². The predicted octanol–water partition coefficient (Wildman–Crippen LogP) is 2.88. The SMILES string of the molecule is Brc1[nH]ncc1OC1CCCCC1. The molecule has 1 aromatic rings. The van der Waals surface area contributed by atoms with E-state index in [1.165, 1.54) is 32.1 Å². The Hall–Kier alpha value is -0.510. The zero-order valence-corrected chi connectivity index (χ0v) is 9.01. The van der Waals surface area contributed by atoms with Crippen LogP contribution in [-0.4, -0.2) is 16.3 Å². The Bertz CT molecular complexity index is 268. The summed E-state index contributed by atoms with van der Waals surface area (Å²) in [5.74, 6) is 0.840. The summed E-state index contributed by atoms with van der Waals surface area (Å²) in [5, 5.41) is 6.69. The minimum atomic E-state index is 0.391. The Kier molecular flexibility index (Phi) is 2.88. The lowest BCUT2D eigenvalue weighted by Crippen LogP contribution is -2.19. The number of rotatable bonds is 2. The molecule has 2 rings (SSSR count). The summed E-state index contributed by atoms with van der Waals surface area (Å²) in [6, 6.07) is 0. The van der Waals surface area contributed by atoms with Gasteiger partial charge in [0, 0.05) is 0 Å². The molecular formula is C9H13BrN2O. The Morgan fingerprint density at radius 1 is 1.38 bits per heavy atom. The largest absolute Gasteiger partial charge is 0.486 e. The number of hydrogen-bond donors (Lipinski definition) is 1. The normalized spacial score (nSPS) is 18.8. The maximum atomic E-state index is 5.79. The zero-order valence-electron chi connectivity index (χ0n) is 7.42. The maximum Gasteiger partial charge on any atom is 0.171 e. The quantitative estimate of drug-likeness (QED) is 0.869. The summed E-state index contributed by atoms with van der Waals surface area (Å²) >= 11 is 3.35. The molecule has 13 heavy (non-hydrogen) atoms. The number of aromatic amines is 1. The average Bonchev–Trinajstić information content (AvgIpc) is 2.54. The Morgan fingerprint density at radius 2 is 2.15 bits per heavy atom. The molecule has 1 aliphatic rings. The fraction of sp³-hybridized carbons (Fsp3) is 0.667. The summed E-state index contributed by atoms with van der Waals surface area (Å²) < 4.78 is 6.63. The van der Waals surface area contributed by atoms with Gasteiger partial charge in [-0.2, -0.15) is 5.10 Å². The van der Waals surface area contributed by atoms with Crippen molar-refractivity contribution in [1.29, 1.82) is 0 Å². The van der Waals surface area contributed by atoms with Crippen LogP contribution in [0.15, 0.2) is 10.8 Å². The van der Waals surface area contributed by atoms with Crippen LogP contribution >= 0.6 is 15.9 Å². The van der Waals surface area contributed by atoms with E-state index in [-0.39, 0.29) is 0 Å². The highest BCUT2D eigenvalue weighted by Gasteiger charge is 2.16. The first kappa shape index (κ1) is 9.06. The van der Waals surface area contributed by atoms with Gasteiger partial charge in [0.2, 0.25) is 0 Å². The minimum Gasteiger partial charge on any atom is -0.486 e. The molecule has 0 aromatic carbocycles. The molecular weight excluding hydrogens is 232 g/mol. The summed E-state index contributed by atoms with van der Waals surface area (Å²) in [6.07, 6.45) is 8.41. The molecule has 1 aromatic heterocycles. The van der Waals surface area contributed by atoms with Crippen LogP contribution in [0.5, 0.6) is 5.75 Å². The van der Waals surface area contributed by atoms with Gasteiger partial charge in [-0.05, 0) is 41.6 Å². The van der Waals surface area contributed by atoms with Crippen LogP contribution in [0.25, 0.3) is 0 Å². The van der Waals surface area contributed by atoms with Crippen LogP contribution in [0, 0.1) is 0 Å². The van der Waals surface area contributed by atoms with Crippen molar-refractivity contribution in [3.63, 3.8) is 0 Å². The third-order valence-corrected chi connectivity index (χ3v) is 2.97. The molecule has 0 atom stereocenters. The van der Waals surface area contributed by atoms with E-state index in [1.54, 1.807) is 6.20 Å². The molecule has 0 unspecified atom stereocenters. The zero-order chi connectivity index (χ0) is 9.10. The van der Waals surface area contributed by atoms with Gasteiger partial charge in [0.05, 0.1) is 12.3 Å². The highest BCUT2D eigenvalue weighted by Crippen LogP contribution is 2.27. The number of nitrogens with zero attached hydrogens (tertiary/aromatic N) is 1. The second-order valence-electron chi connectivity index (χ2n) is 3.43. The smallest absolute Gasteiger partial charge is 0.171 e. The van der Waals surface area contributed by atoms with Crippen molar-refractivity contribution < 1.29 is 4.74 Å². The van der Waals surface area contributed by atoms with Crippen LogP contribution in [-0.2, 0) is 0 Å². The van der Waals surface area contributed by atoms with E-state index in [0.29, 0.717) is 6.10 Å². The molecule has 72 valence electrons. The number of aromatic nitrogens is 2. The van der Waals surface area contributed by atoms with Gasteiger partial charge in [-0.15, -0.1) is 0 Å². The second-order valence-corrected chi connectivity index (χ2v) is 4.22. The van der Waals surface area contributed by atoms with E-state index in [1.807, 2.05) is 0 Å². The average molecular weight is 245 g/mol. The minimum absolute atomic E-state index is 0.391. The molecule has 0 spiro atoms. The van der Waals surface area contributed by atoms with E-state index >= 15 is 0 Å². The Balaban J connectivity index is 1.93. The van der Waals surface area contributed by atoms with Gasteiger partial charge in [0.15, 0.2) is 5.75 Å². The molecule has 0 saturated heterocycles. The van der Waals surface area contributed by atoms with Crippen molar-refractivity contribution in [2.75, 3.05) is 0 Å². The van der Waals surface area contributed by atoms with Crippen LogP contribution in [0.4, 0.5) is 0 Å². The summed E-state index contributed by atoms with van der Waals surface area (Å²) in [5.41, 5.74) is 0. The molecule has 3 nitrogen and oxygen atoms in total. The molecule has 1 fully saturated rings. The molecule has 1 saturated carbocycles. The number of halogens is 1. The molecule has 1 N–H and O–H groups in total. The van der Waals surface area contributed by atoms with Gasteiger partial charge in [0.25, 0.3) is 0 Å². The monoisotopic (exact) mass is 244 g/mol. The lowest BCUT2D eigenvalue weighted by atomic mass is 9.98.